The lowest BCUT2D eigenvalue weighted by molar-refractivity contribution is 0.633. The minimum atomic E-state index is -0.477. The van der Waals surface area contributed by atoms with Crippen molar-refractivity contribution in [3.05, 3.63) is 51.8 Å². The lowest BCUT2D eigenvalue weighted by atomic mass is 10.2. The number of nitrogens with two attached hydrogens (primary N) is 1. The molecule has 18 heavy (non-hydrogen) atoms. The first-order chi connectivity index (χ1) is 8.49. The number of aryl methyl sites for hydroxylation is 1. The zero-order valence-electron chi connectivity index (χ0n) is 9.60. The monoisotopic (exact) mass is 284 g/mol. The number of benzene rings is 2. The Morgan fingerprint density at radius 2 is 1.83 bits per heavy atom. The molecule has 0 aromatic heterocycles. The molecule has 3 N–H and O–H groups in total. The van der Waals surface area contributed by atoms with Crippen molar-refractivity contribution < 1.29 is 4.39 Å². The summed E-state index contributed by atoms with van der Waals surface area (Å²) in [6.07, 6.45) is 0. The van der Waals surface area contributed by atoms with Gasteiger partial charge < -0.3 is 11.1 Å². The maximum Gasteiger partial charge on any atom is 0.148 e. The number of nitrogens with one attached hydrogen (secondary N) is 1. The van der Waals surface area contributed by atoms with Gasteiger partial charge in [-0.1, -0.05) is 29.3 Å². The van der Waals surface area contributed by atoms with Gasteiger partial charge in [-0.3, -0.25) is 0 Å². The molecular weight excluding hydrogens is 274 g/mol. The second-order valence-corrected chi connectivity index (χ2v) is 4.72. The Labute approximate surface area is 115 Å². The molecule has 0 aliphatic heterocycles. The number of rotatable bonds is 2. The first-order valence-electron chi connectivity index (χ1n) is 5.25. The molecule has 0 heterocycles. The molecule has 94 valence electrons. The van der Waals surface area contributed by atoms with Gasteiger partial charge in [0.05, 0.1) is 22.1 Å². The molecule has 0 aliphatic rings. The summed E-state index contributed by atoms with van der Waals surface area (Å²) in [7, 11) is 0. The lowest BCUT2D eigenvalue weighted by Crippen LogP contribution is -1.99. The van der Waals surface area contributed by atoms with Crippen LogP contribution in [0.15, 0.2) is 30.3 Å². The highest BCUT2D eigenvalue weighted by Gasteiger charge is 2.08. The minimum absolute atomic E-state index is 0.0465. The molecule has 0 spiro atoms. The third-order valence-electron chi connectivity index (χ3n) is 2.57. The lowest BCUT2D eigenvalue weighted by Gasteiger charge is -2.12. The van der Waals surface area contributed by atoms with Gasteiger partial charge >= 0.3 is 0 Å². The Bertz CT molecular complexity index is 600. The Morgan fingerprint density at radius 1 is 1.11 bits per heavy atom. The summed E-state index contributed by atoms with van der Waals surface area (Å²) in [5, 5.41) is 4.05. The van der Waals surface area contributed by atoms with Gasteiger partial charge in [0, 0.05) is 5.02 Å². The summed E-state index contributed by atoms with van der Waals surface area (Å²) in [4.78, 5) is 0. The van der Waals surface area contributed by atoms with E-state index in [1.807, 2.05) is 6.92 Å². The van der Waals surface area contributed by atoms with Gasteiger partial charge in [-0.25, -0.2) is 4.39 Å². The van der Waals surface area contributed by atoms with E-state index in [0.717, 1.165) is 5.56 Å². The number of hydrogen-bond acceptors (Lipinski definition) is 2. The van der Waals surface area contributed by atoms with Crippen molar-refractivity contribution in [1.29, 1.82) is 0 Å². The number of nitrogen functional groups attached to an aromatic ring is 1. The SMILES string of the molecule is Cc1cc(Cl)c(Nc2cccc(F)c2N)cc1Cl. The number of halogens is 3. The minimum Gasteiger partial charge on any atom is -0.395 e. The van der Waals surface area contributed by atoms with Crippen LogP contribution in [0.3, 0.4) is 0 Å². The van der Waals surface area contributed by atoms with Crippen LogP contribution in [-0.4, -0.2) is 0 Å². The molecule has 0 saturated heterocycles. The van der Waals surface area contributed by atoms with Crippen LogP contribution in [-0.2, 0) is 0 Å². The summed E-state index contributed by atoms with van der Waals surface area (Å²) in [5.74, 6) is -0.477. The van der Waals surface area contributed by atoms with Gasteiger partial charge in [-0.05, 0) is 36.8 Å². The normalized spacial score (nSPS) is 10.4. The fraction of sp³-hybridized carbons (Fsp3) is 0.0769. The maximum atomic E-state index is 13.3. The van der Waals surface area contributed by atoms with Crippen molar-refractivity contribution in [2.75, 3.05) is 11.1 Å². The second-order valence-electron chi connectivity index (χ2n) is 3.91. The summed E-state index contributed by atoms with van der Waals surface area (Å²) >= 11 is 12.1. The van der Waals surface area contributed by atoms with E-state index < -0.39 is 5.82 Å². The molecule has 0 unspecified atom stereocenters. The van der Waals surface area contributed by atoms with Crippen LogP contribution in [0.25, 0.3) is 0 Å². The largest absolute Gasteiger partial charge is 0.395 e. The van der Waals surface area contributed by atoms with E-state index in [1.165, 1.54) is 6.07 Å². The fourth-order valence-corrected chi connectivity index (χ4v) is 1.96. The number of para-hydroxylation sites is 1. The van der Waals surface area contributed by atoms with Crippen LogP contribution in [0.4, 0.5) is 21.5 Å². The van der Waals surface area contributed by atoms with Crippen LogP contribution in [0, 0.1) is 12.7 Å². The third-order valence-corrected chi connectivity index (χ3v) is 3.29. The molecule has 5 heteroatoms. The standard InChI is InChI=1S/C13H11Cl2FN2/c1-7-5-9(15)12(6-8(7)14)18-11-4-2-3-10(16)13(11)17/h2-6,18H,17H2,1H3. The zero-order chi connectivity index (χ0) is 13.3. The summed E-state index contributed by atoms with van der Waals surface area (Å²) in [5.41, 5.74) is 7.60. The molecule has 2 rings (SSSR count). The van der Waals surface area contributed by atoms with Crippen molar-refractivity contribution in [1.82, 2.24) is 0 Å². The molecule has 0 aliphatic carbocycles. The molecule has 0 bridgehead atoms. The first kappa shape index (κ1) is 13.0. The number of hydrogen-bond donors (Lipinski definition) is 2. The predicted octanol–water partition coefficient (Wildman–Crippen LogP) is 4.77. The van der Waals surface area contributed by atoms with Gasteiger partial charge in [0.1, 0.15) is 5.82 Å². The summed E-state index contributed by atoms with van der Waals surface area (Å²) < 4.78 is 13.3. The molecule has 0 saturated carbocycles. The maximum absolute atomic E-state index is 13.3. The van der Waals surface area contributed by atoms with Crippen LogP contribution >= 0.6 is 23.2 Å². The van der Waals surface area contributed by atoms with Crippen molar-refractivity contribution >= 4 is 40.3 Å². The Kier molecular flexibility index (Phi) is 3.64. The van der Waals surface area contributed by atoms with Crippen molar-refractivity contribution in [2.45, 2.75) is 6.92 Å². The van der Waals surface area contributed by atoms with Gasteiger partial charge in [0.2, 0.25) is 0 Å². The first-order valence-corrected chi connectivity index (χ1v) is 6.01. The predicted molar refractivity (Wildman–Crippen MR) is 75.3 cm³/mol. The molecule has 0 radical (unpaired) electrons. The van der Waals surface area contributed by atoms with Crippen LogP contribution < -0.4 is 11.1 Å². The Balaban J connectivity index is 2.40. The molecule has 0 fully saturated rings. The van der Waals surface area contributed by atoms with Gasteiger partial charge in [0.25, 0.3) is 0 Å². The van der Waals surface area contributed by atoms with E-state index in [-0.39, 0.29) is 5.69 Å². The highest BCUT2D eigenvalue weighted by molar-refractivity contribution is 6.35. The van der Waals surface area contributed by atoms with Gasteiger partial charge in [-0.2, -0.15) is 0 Å². The highest BCUT2D eigenvalue weighted by atomic mass is 35.5. The summed E-state index contributed by atoms with van der Waals surface area (Å²) in [6.45, 7) is 1.86. The van der Waals surface area contributed by atoms with Crippen molar-refractivity contribution in [3.63, 3.8) is 0 Å². The Morgan fingerprint density at radius 3 is 2.56 bits per heavy atom. The molecular formula is C13H11Cl2FN2. The molecule has 2 aromatic rings. The van der Waals surface area contributed by atoms with E-state index in [0.29, 0.717) is 21.4 Å². The van der Waals surface area contributed by atoms with Gasteiger partial charge in [-0.15, -0.1) is 0 Å². The average molecular weight is 285 g/mol. The summed E-state index contributed by atoms with van der Waals surface area (Å²) in [6, 6.07) is 7.95. The van der Waals surface area contributed by atoms with Crippen LogP contribution in [0.1, 0.15) is 5.56 Å². The third kappa shape index (κ3) is 2.52. The average Bonchev–Trinajstić information content (AvgIpc) is 2.32. The quantitative estimate of drug-likeness (QED) is 0.780. The number of anilines is 3. The van der Waals surface area contributed by atoms with Gasteiger partial charge in [0.15, 0.2) is 0 Å². The molecule has 2 aromatic carbocycles. The second kappa shape index (κ2) is 5.04. The van der Waals surface area contributed by atoms with Crippen LogP contribution in [0.5, 0.6) is 0 Å². The topological polar surface area (TPSA) is 38.0 Å². The van der Waals surface area contributed by atoms with E-state index in [1.54, 1.807) is 24.3 Å². The van der Waals surface area contributed by atoms with Crippen molar-refractivity contribution in [3.8, 4) is 0 Å². The zero-order valence-corrected chi connectivity index (χ0v) is 11.1. The van der Waals surface area contributed by atoms with E-state index >= 15 is 0 Å². The van der Waals surface area contributed by atoms with Crippen molar-refractivity contribution in [2.24, 2.45) is 0 Å². The van der Waals surface area contributed by atoms with E-state index in [2.05, 4.69) is 5.32 Å². The molecule has 0 amide bonds. The van der Waals surface area contributed by atoms with E-state index in [4.69, 9.17) is 28.9 Å². The highest BCUT2D eigenvalue weighted by Crippen LogP contribution is 2.33. The van der Waals surface area contributed by atoms with E-state index in [9.17, 15) is 4.39 Å². The molecule has 2 nitrogen and oxygen atoms in total. The fourth-order valence-electron chi connectivity index (χ4n) is 1.53. The Hall–Kier alpha value is -1.45. The smallest absolute Gasteiger partial charge is 0.148 e. The molecule has 0 atom stereocenters. The van der Waals surface area contributed by atoms with Crippen LogP contribution in [0.2, 0.25) is 10.0 Å².